The van der Waals surface area contributed by atoms with Crippen LogP contribution in [-0.2, 0) is 15.6 Å². The van der Waals surface area contributed by atoms with Crippen molar-refractivity contribution < 1.29 is 32.1 Å². The van der Waals surface area contributed by atoms with Gasteiger partial charge in [-0.3, -0.25) is 9.00 Å². The van der Waals surface area contributed by atoms with Crippen molar-refractivity contribution in [3.8, 4) is 0 Å². The largest absolute Gasteiger partial charge is 0.481 e. The van der Waals surface area contributed by atoms with Crippen LogP contribution in [-0.4, -0.2) is 63.0 Å². The second-order valence-corrected chi connectivity index (χ2v) is 7.92. The number of likely N-dealkylation sites (tertiary alicyclic amines) is 1. The Hall–Kier alpha value is -1.32. The van der Waals surface area contributed by atoms with Gasteiger partial charge in [0.25, 0.3) is 0 Å². The molecule has 0 radical (unpaired) electrons. The van der Waals surface area contributed by atoms with Gasteiger partial charge in [-0.2, -0.15) is 13.2 Å². The van der Waals surface area contributed by atoms with Gasteiger partial charge in [0.05, 0.1) is 16.6 Å². The van der Waals surface area contributed by atoms with Gasteiger partial charge in [-0.1, -0.05) is 6.42 Å². The number of hydrogen-bond donors (Lipinski definition) is 2. The van der Waals surface area contributed by atoms with Gasteiger partial charge < -0.3 is 15.3 Å². The van der Waals surface area contributed by atoms with Gasteiger partial charge in [-0.25, -0.2) is 4.79 Å². The lowest BCUT2D eigenvalue weighted by Crippen LogP contribution is -2.53. The minimum absolute atomic E-state index is 0.125. The van der Waals surface area contributed by atoms with Crippen molar-refractivity contribution in [1.29, 1.82) is 0 Å². The van der Waals surface area contributed by atoms with E-state index in [-0.39, 0.29) is 6.54 Å². The van der Waals surface area contributed by atoms with Crippen molar-refractivity contribution >= 4 is 22.8 Å². The fourth-order valence-corrected chi connectivity index (χ4v) is 4.18. The van der Waals surface area contributed by atoms with Crippen molar-refractivity contribution in [2.24, 2.45) is 11.8 Å². The highest BCUT2D eigenvalue weighted by Crippen LogP contribution is 2.38. The van der Waals surface area contributed by atoms with Crippen LogP contribution in [0.3, 0.4) is 0 Å². The first-order valence-corrected chi connectivity index (χ1v) is 8.78. The van der Waals surface area contributed by atoms with E-state index in [1.807, 2.05) is 0 Å². The Labute approximate surface area is 133 Å². The number of carboxylic acids is 1. The van der Waals surface area contributed by atoms with Gasteiger partial charge in [0.15, 0.2) is 0 Å². The maximum atomic E-state index is 12.9. The second kappa shape index (κ2) is 6.29. The quantitative estimate of drug-likeness (QED) is 0.792. The molecule has 6 nitrogen and oxygen atoms in total. The minimum atomic E-state index is -4.67. The van der Waals surface area contributed by atoms with Crippen molar-refractivity contribution in [1.82, 2.24) is 10.2 Å². The lowest BCUT2D eigenvalue weighted by molar-refractivity contribution is -0.187. The summed E-state index contributed by atoms with van der Waals surface area (Å²) in [7, 11) is -1.14. The third-order valence-corrected chi connectivity index (χ3v) is 6.55. The Morgan fingerprint density at radius 2 is 1.96 bits per heavy atom. The predicted octanol–water partition coefficient (Wildman–Crippen LogP) is 1.19. The first-order valence-electron chi connectivity index (χ1n) is 7.23. The number of carbonyl (C=O) groups is 2. The van der Waals surface area contributed by atoms with Crippen LogP contribution in [0.2, 0.25) is 0 Å². The second-order valence-electron chi connectivity index (χ2n) is 6.15. The van der Waals surface area contributed by atoms with Crippen molar-refractivity contribution in [2.45, 2.75) is 30.2 Å². The summed E-state index contributed by atoms with van der Waals surface area (Å²) in [5.41, 5.74) is 0. The average molecular weight is 356 g/mol. The molecule has 132 valence electrons. The summed E-state index contributed by atoms with van der Waals surface area (Å²) in [6.07, 6.45) is -0.839. The molecular formula is C13H19F3N2O4S. The van der Waals surface area contributed by atoms with Gasteiger partial charge in [0, 0.05) is 36.7 Å². The van der Waals surface area contributed by atoms with Crippen LogP contribution < -0.4 is 5.32 Å². The summed E-state index contributed by atoms with van der Waals surface area (Å²) in [4.78, 5) is 23.9. The van der Waals surface area contributed by atoms with Gasteiger partial charge in [-0.05, 0) is 12.8 Å². The maximum Gasteiger partial charge on any atom is 0.394 e. The molecule has 1 heterocycles. The molecule has 0 bridgehead atoms. The monoisotopic (exact) mass is 356 g/mol. The molecule has 0 aromatic heterocycles. The molecule has 1 aliphatic carbocycles. The molecule has 2 fully saturated rings. The third-order valence-electron chi connectivity index (χ3n) is 4.78. The predicted molar refractivity (Wildman–Crippen MR) is 76.3 cm³/mol. The maximum absolute atomic E-state index is 12.9. The molecule has 2 rings (SSSR count). The molecule has 1 unspecified atom stereocenters. The molecule has 1 saturated heterocycles. The number of alkyl halides is 3. The number of carbonyl (C=O) groups excluding carboxylic acids is 1. The summed E-state index contributed by atoms with van der Waals surface area (Å²) >= 11 is 0. The van der Waals surface area contributed by atoms with Crippen LogP contribution >= 0.6 is 0 Å². The lowest BCUT2D eigenvalue weighted by Gasteiger charge is -2.40. The van der Waals surface area contributed by atoms with E-state index in [1.54, 1.807) is 6.26 Å². The number of carboxylic acid groups (broad SMARTS) is 1. The Morgan fingerprint density at radius 3 is 2.30 bits per heavy atom. The molecule has 0 spiro atoms. The summed E-state index contributed by atoms with van der Waals surface area (Å²) < 4.78 is 49.9. The highest BCUT2D eigenvalue weighted by molar-refractivity contribution is 7.85. The Kier molecular flexibility index (Phi) is 4.93. The minimum Gasteiger partial charge on any atom is -0.481 e. The van der Waals surface area contributed by atoms with Crippen LogP contribution in [0.5, 0.6) is 0 Å². The van der Waals surface area contributed by atoms with Crippen LogP contribution in [0.1, 0.15) is 19.3 Å². The van der Waals surface area contributed by atoms with E-state index in [1.165, 1.54) is 0 Å². The smallest absolute Gasteiger partial charge is 0.394 e. The lowest BCUT2D eigenvalue weighted by atomic mass is 9.84. The van der Waals surface area contributed by atoms with Gasteiger partial charge in [0.2, 0.25) is 0 Å². The molecule has 23 heavy (non-hydrogen) atoms. The number of aliphatic carboxylic acids is 1. The normalized spacial score (nSPS) is 28.1. The van der Waals surface area contributed by atoms with Gasteiger partial charge >= 0.3 is 18.2 Å². The number of rotatable bonds is 4. The highest BCUT2D eigenvalue weighted by Gasteiger charge is 2.53. The fraction of sp³-hybridized carbons (Fsp3) is 0.846. The Bertz CT molecular complexity index is 522. The molecule has 10 heteroatoms. The molecular weight excluding hydrogens is 337 g/mol. The fourth-order valence-electron chi connectivity index (χ4n) is 3.04. The van der Waals surface area contributed by atoms with Gasteiger partial charge in [0.1, 0.15) is 0 Å². The SMILES string of the molecule is CS(=O)C1(CNC(=O)N2C[C@@H](C(F)(F)F)[C@H](C(=O)O)C2)CCC1. The van der Waals surface area contributed by atoms with Crippen LogP contribution in [0, 0.1) is 11.8 Å². The van der Waals surface area contributed by atoms with Crippen LogP contribution in [0.15, 0.2) is 0 Å². The number of nitrogens with zero attached hydrogens (tertiary/aromatic N) is 1. The number of nitrogens with one attached hydrogen (secondary N) is 1. The average Bonchev–Trinajstić information content (AvgIpc) is 2.81. The zero-order valence-corrected chi connectivity index (χ0v) is 13.4. The Balaban J connectivity index is 1.98. The zero-order valence-electron chi connectivity index (χ0n) is 12.6. The molecule has 2 amide bonds. The van der Waals surface area contributed by atoms with Crippen molar-refractivity contribution in [3.63, 3.8) is 0 Å². The van der Waals surface area contributed by atoms with Crippen molar-refractivity contribution in [3.05, 3.63) is 0 Å². The summed E-state index contributed by atoms with van der Waals surface area (Å²) in [5.74, 6) is -5.28. The van der Waals surface area contributed by atoms with Crippen molar-refractivity contribution in [2.75, 3.05) is 25.9 Å². The van der Waals surface area contributed by atoms with Crippen LogP contribution in [0.4, 0.5) is 18.0 Å². The standard InChI is InChI=1S/C13H19F3N2O4S/c1-23(22)12(3-2-4-12)7-17-11(21)18-5-8(10(19)20)9(6-18)13(14,15)16/h8-9H,2-7H2,1H3,(H,17,21)(H,19,20)/t8-,9-,23?/m1/s1. The molecule has 2 aliphatic rings. The summed E-state index contributed by atoms with van der Waals surface area (Å²) in [6.45, 7) is -1.03. The summed E-state index contributed by atoms with van der Waals surface area (Å²) in [6, 6.07) is -0.736. The number of hydrogen-bond acceptors (Lipinski definition) is 3. The molecule has 0 aromatic rings. The van der Waals surface area contributed by atoms with E-state index in [0.717, 1.165) is 11.3 Å². The van der Waals surface area contributed by atoms with E-state index in [2.05, 4.69) is 5.32 Å². The number of amides is 2. The first kappa shape index (κ1) is 18.0. The number of halogens is 3. The molecule has 2 N–H and O–H groups in total. The molecule has 1 aliphatic heterocycles. The van der Waals surface area contributed by atoms with Crippen LogP contribution in [0.25, 0.3) is 0 Å². The zero-order chi connectivity index (χ0) is 17.4. The third kappa shape index (κ3) is 3.61. The van der Waals surface area contributed by atoms with E-state index < -0.39 is 58.6 Å². The molecule has 1 saturated carbocycles. The number of urea groups is 1. The summed E-state index contributed by atoms with van der Waals surface area (Å²) in [5, 5.41) is 11.4. The van der Waals surface area contributed by atoms with E-state index in [0.29, 0.717) is 12.8 Å². The van der Waals surface area contributed by atoms with E-state index in [9.17, 15) is 27.0 Å². The Morgan fingerprint density at radius 1 is 1.35 bits per heavy atom. The van der Waals surface area contributed by atoms with E-state index in [4.69, 9.17) is 5.11 Å². The highest BCUT2D eigenvalue weighted by atomic mass is 32.2. The first-order chi connectivity index (χ1) is 10.6. The molecule has 0 aromatic carbocycles. The molecule has 3 atom stereocenters. The topological polar surface area (TPSA) is 86.7 Å². The van der Waals surface area contributed by atoms with Gasteiger partial charge in [-0.15, -0.1) is 0 Å². The van der Waals surface area contributed by atoms with E-state index >= 15 is 0 Å².